The number of nitrogens with one attached hydrogen (secondary N) is 1. The number of carbonyl (C=O) groups is 2. The molecular weight excluding hydrogens is 387 g/mol. The van der Waals surface area contributed by atoms with Crippen molar-refractivity contribution in [1.82, 2.24) is 15.0 Å². The van der Waals surface area contributed by atoms with Gasteiger partial charge in [0.1, 0.15) is 18.1 Å². The van der Waals surface area contributed by atoms with Crippen LogP contribution in [0.3, 0.4) is 0 Å². The lowest BCUT2D eigenvalue weighted by atomic mass is 10.1. The second kappa shape index (κ2) is 11.4. The summed E-state index contributed by atoms with van der Waals surface area (Å²) in [5.74, 6) is -0.384. The second-order valence-electron chi connectivity index (χ2n) is 7.33. The summed E-state index contributed by atoms with van der Waals surface area (Å²) in [7, 11) is 0. The molecule has 1 aromatic carbocycles. The molecule has 0 radical (unpaired) electrons. The van der Waals surface area contributed by atoms with E-state index in [9.17, 15) is 14.0 Å². The molecule has 1 aromatic heterocycles. The number of hydrogen-bond donors (Lipinski definition) is 1. The van der Waals surface area contributed by atoms with Crippen LogP contribution < -0.4 is 5.32 Å². The Morgan fingerprint density at radius 2 is 1.97 bits per heavy atom. The highest BCUT2D eigenvalue weighted by Crippen LogP contribution is 2.15. The van der Waals surface area contributed by atoms with Crippen LogP contribution in [0.5, 0.6) is 0 Å². The number of amides is 2. The molecule has 0 spiro atoms. The summed E-state index contributed by atoms with van der Waals surface area (Å²) in [6, 6.07) is 6.93. The van der Waals surface area contributed by atoms with E-state index in [1.54, 1.807) is 19.1 Å². The molecule has 0 aliphatic rings. The number of halogens is 1. The Bertz CT molecular complexity index is 835. The first-order valence-corrected chi connectivity index (χ1v) is 10.4. The molecule has 164 valence electrons. The first-order valence-electron chi connectivity index (χ1n) is 10.4. The predicted octanol–water partition coefficient (Wildman–Crippen LogP) is 3.71. The van der Waals surface area contributed by atoms with E-state index in [0.717, 1.165) is 32.5 Å². The van der Waals surface area contributed by atoms with E-state index in [2.05, 4.69) is 29.2 Å². The highest BCUT2D eigenvalue weighted by atomic mass is 19.1. The van der Waals surface area contributed by atoms with Crippen LogP contribution in [-0.2, 0) is 4.79 Å². The standard InChI is InChI=1S/C22H31FN4O3/c1-5-26(6-2)12-8-9-16(3)27(22(29)18-10-7-11-19(23)14-18)15-21(28)24-20-13-17(4)30-25-20/h7,10-11,13-14,16H,5-6,8-9,12,15H2,1-4H3,(H,24,25,28)/t16-/m0/s1. The molecule has 0 aliphatic heterocycles. The molecule has 0 aliphatic carbocycles. The summed E-state index contributed by atoms with van der Waals surface area (Å²) in [5.41, 5.74) is 0.218. The van der Waals surface area contributed by atoms with Crippen LogP contribution in [0.2, 0.25) is 0 Å². The number of hydrogen-bond acceptors (Lipinski definition) is 5. The zero-order chi connectivity index (χ0) is 22.1. The Hall–Kier alpha value is -2.74. The minimum atomic E-state index is -0.488. The van der Waals surface area contributed by atoms with E-state index in [1.807, 2.05) is 6.92 Å². The van der Waals surface area contributed by atoms with Gasteiger partial charge in [0.25, 0.3) is 5.91 Å². The topological polar surface area (TPSA) is 78.7 Å². The van der Waals surface area contributed by atoms with Gasteiger partial charge in [0.05, 0.1) is 0 Å². The van der Waals surface area contributed by atoms with Crippen molar-refractivity contribution >= 4 is 17.6 Å². The number of aryl methyl sites for hydroxylation is 1. The van der Waals surface area contributed by atoms with Crippen molar-refractivity contribution in [1.29, 1.82) is 0 Å². The molecule has 0 fully saturated rings. The van der Waals surface area contributed by atoms with Crippen molar-refractivity contribution in [2.24, 2.45) is 0 Å². The molecule has 1 heterocycles. The number of benzene rings is 1. The van der Waals surface area contributed by atoms with Crippen molar-refractivity contribution in [3.8, 4) is 0 Å². The van der Waals surface area contributed by atoms with Crippen molar-refractivity contribution in [2.75, 3.05) is 31.5 Å². The van der Waals surface area contributed by atoms with Gasteiger partial charge >= 0.3 is 0 Å². The average molecular weight is 419 g/mol. The van der Waals surface area contributed by atoms with E-state index < -0.39 is 5.82 Å². The number of nitrogens with zero attached hydrogens (tertiary/aromatic N) is 3. The van der Waals surface area contributed by atoms with Gasteiger partial charge in [-0.2, -0.15) is 0 Å². The van der Waals surface area contributed by atoms with E-state index in [4.69, 9.17) is 4.52 Å². The van der Waals surface area contributed by atoms with Gasteiger partial charge in [0, 0.05) is 17.7 Å². The van der Waals surface area contributed by atoms with Gasteiger partial charge < -0.3 is 19.6 Å². The molecular formula is C22H31FN4O3. The predicted molar refractivity (Wildman–Crippen MR) is 114 cm³/mol. The normalized spacial score (nSPS) is 12.1. The average Bonchev–Trinajstić information content (AvgIpc) is 3.13. The third-order valence-electron chi connectivity index (χ3n) is 5.06. The van der Waals surface area contributed by atoms with E-state index in [-0.39, 0.29) is 30.0 Å². The lowest BCUT2D eigenvalue weighted by Gasteiger charge is -2.29. The van der Waals surface area contributed by atoms with E-state index in [1.165, 1.54) is 23.1 Å². The molecule has 2 aromatic rings. The molecule has 30 heavy (non-hydrogen) atoms. The number of aromatic nitrogens is 1. The number of carbonyl (C=O) groups excluding carboxylic acids is 2. The molecule has 7 nitrogen and oxygen atoms in total. The fourth-order valence-corrected chi connectivity index (χ4v) is 3.28. The minimum absolute atomic E-state index is 0.159. The van der Waals surface area contributed by atoms with Gasteiger partial charge in [-0.05, 0) is 64.5 Å². The van der Waals surface area contributed by atoms with Gasteiger partial charge in [-0.25, -0.2) is 4.39 Å². The maximum absolute atomic E-state index is 13.6. The highest BCUT2D eigenvalue weighted by molar-refractivity contribution is 5.99. The van der Waals surface area contributed by atoms with Gasteiger partial charge in [-0.15, -0.1) is 0 Å². The van der Waals surface area contributed by atoms with Crippen molar-refractivity contribution in [2.45, 2.75) is 46.6 Å². The highest BCUT2D eigenvalue weighted by Gasteiger charge is 2.25. The van der Waals surface area contributed by atoms with Crippen LogP contribution in [-0.4, -0.2) is 59.0 Å². The van der Waals surface area contributed by atoms with Crippen molar-refractivity contribution < 1.29 is 18.5 Å². The zero-order valence-electron chi connectivity index (χ0n) is 18.2. The largest absolute Gasteiger partial charge is 0.360 e. The summed E-state index contributed by atoms with van der Waals surface area (Å²) < 4.78 is 18.6. The maximum atomic E-state index is 13.6. The lowest BCUT2D eigenvalue weighted by Crippen LogP contribution is -2.44. The minimum Gasteiger partial charge on any atom is -0.360 e. The Morgan fingerprint density at radius 3 is 2.57 bits per heavy atom. The van der Waals surface area contributed by atoms with Gasteiger partial charge in [0.2, 0.25) is 5.91 Å². The zero-order valence-corrected chi connectivity index (χ0v) is 18.2. The van der Waals surface area contributed by atoms with Gasteiger partial charge in [-0.3, -0.25) is 9.59 Å². The fraction of sp³-hybridized carbons (Fsp3) is 0.500. The van der Waals surface area contributed by atoms with Crippen LogP contribution in [0.25, 0.3) is 0 Å². The lowest BCUT2D eigenvalue weighted by molar-refractivity contribution is -0.117. The maximum Gasteiger partial charge on any atom is 0.254 e. The first kappa shape index (κ1) is 23.5. The first-order chi connectivity index (χ1) is 14.3. The molecule has 8 heteroatoms. The summed E-state index contributed by atoms with van der Waals surface area (Å²) in [6.45, 7) is 10.6. The quantitative estimate of drug-likeness (QED) is 0.602. The second-order valence-corrected chi connectivity index (χ2v) is 7.33. The van der Waals surface area contributed by atoms with Gasteiger partial charge in [0.15, 0.2) is 5.82 Å². The van der Waals surface area contributed by atoms with Crippen LogP contribution in [0, 0.1) is 12.7 Å². The summed E-state index contributed by atoms with van der Waals surface area (Å²) >= 11 is 0. The molecule has 0 bridgehead atoms. The summed E-state index contributed by atoms with van der Waals surface area (Å²) in [6.07, 6.45) is 1.62. The number of rotatable bonds is 11. The summed E-state index contributed by atoms with van der Waals surface area (Å²) in [5, 5.41) is 6.38. The molecule has 1 atom stereocenters. The monoisotopic (exact) mass is 418 g/mol. The third kappa shape index (κ3) is 6.95. The SMILES string of the molecule is CCN(CC)CCC[C@H](C)N(CC(=O)Nc1cc(C)on1)C(=O)c1cccc(F)c1. The molecule has 0 saturated heterocycles. The molecule has 0 saturated carbocycles. The summed E-state index contributed by atoms with van der Waals surface area (Å²) in [4.78, 5) is 29.4. The van der Waals surface area contributed by atoms with E-state index in [0.29, 0.717) is 11.6 Å². The Kier molecular flexibility index (Phi) is 8.98. The Morgan fingerprint density at radius 1 is 1.23 bits per heavy atom. The molecule has 1 N–H and O–H groups in total. The van der Waals surface area contributed by atoms with Crippen LogP contribution in [0.15, 0.2) is 34.9 Å². The van der Waals surface area contributed by atoms with Crippen LogP contribution in [0.1, 0.15) is 49.7 Å². The van der Waals surface area contributed by atoms with Crippen molar-refractivity contribution in [3.05, 3.63) is 47.5 Å². The smallest absolute Gasteiger partial charge is 0.254 e. The fourth-order valence-electron chi connectivity index (χ4n) is 3.28. The van der Waals surface area contributed by atoms with Crippen LogP contribution >= 0.6 is 0 Å². The number of anilines is 1. The Labute approximate surface area is 177 Å². The third-order valence-corrected chi connectivity index (χ3v) is 5.06. The molecule has 2 amide bonds. The molecule has 2 rings (SSSR count). The van der Waals surface area contributed by atoms with E-state index >= 15 is 0 Å². The van der Waals surface area contributed by atoms with Crippen molar-refractivity contribution in [3.63, 3.8) is 0 Å². The Balaban J connectivity index is 2.10. The van der Waals surface area contributed by atoms with Crippen LogP contribution in [0.4, 0.5) is 10.2 Å². The molecule has 0 unspecified atom stereocenters. The van der Waals surface area contributed by atoms with Gasteiger partial charge in [-0.1, -0.05) is 25.1 Å².